The average molecular weight is 754 g/mol. The van der Waals surface area contributed by atoms with Gasteiger partial charge in [-0.2, -0.15) is 10.2 Å². The van der Waals surface area contributed by atoms with Crippen LogP contribution in [-0.2, 0) is 0 Å². The molecule has 0 spiro atoms. The highest BCUT2D eigenvalue weighted by Crippen LogP contribution is 2.25. The van der Waals surface area contributed by atoms with Crippen molar-refractivity contribution < 1.29 is 28.5 Å². The van der Waals surface area contributed by atoms with Gasteiger partial charge in [-0.3, -0.25) is 4.99 Å². The van der Waals surface area contributed by atoms with E-state index in [4.69, 9.17) is 18.9 Å². The fraction of sp³-hybridized carbons (Fsp3) is 0.298. The molecule has 5 aromatic rings. The Morgan fingerprint density at radius 1 is 0.482 bits per heavy atom. The van der Waals surface area contributed by atoms with Crippen molar-refractivity contribution >= 4 is 35.2 Å². The van der Waals surface area contributed by atoms with Gasteiger partial charge in [0, 0.05) is 6.21 Å². The lowest BCUT2D eigenvalue weighted by atomic mass is 10.1. The summed E-state index contributed by atoms with van der Waals surface area (Å²) < 4.78 is 22.8. The maximum atomic E-state index is 12.9. The minimum absolute atomic E-state index is 0.358. The van der Waals surface area contributed by atoms with Crippen LogP contribution in [0.4, 0.5) is 17.1 Å². The zero-order valence-corrected chi connectivity index (χ0v) is 32.4. The Balaban J connectivity index is 1.05. The number of carbonyl (C=O) groups excluding carboxylic acids is 2. The third kappa shape index (κ3) is 14.3. The second-order valence-electron chi connectivity index (χ2n) is 13.4. The topological polar surface area (TPSA) is 108 Å². The van der Waals surface area contributed by atoms with E-state index in [1.807, 2.05) is 24.3 Å². The molecular weight excluding hydrogens is 703 g/mol. The van der Waals surface area contributed by atoms with Crippen molar-refractivity contribution in [3.63, 3.8) is 0 Å². The number of hydrogen-bond donors (Lipinski definition) is 0. The lowest BCUT2D eigenvalue weighted by Crippen LogP contribution is -2.08. The van der Waals surface area contributed by atoms with Crippen molar-refractivity contribution in [2.45, 2.75) is 78.1 Å². The van der Waals surface area contributed by atoms with Gasteiger partial charge in [-0.15, -0.1) is 0 Å². The summed E-state index contributed by atoms with van der Waals surface area (Å²) in [4.78, 5) is 30.2. The molecule has 0 saturated carbocycles. The van der Waals surface area contributed by atoms with Gasteiger partial charge in [0.05, 0.1) is 41.4 Å². The number of azo groups is 1. The van der Waals surface area contributed by atoms with Gasteiger partial charge in [0.1, 0.15) is 23.0 Å². The predicted octanol–water partition coefficient (Wildman–Crippen LogP) is 13.0. The van der Waals surface area contributed by atoms with Gasteiger partial charge in [-0.05, 0) is 134 Å². The number of unbranched alkanes of at least 4 members (excludes halogenated alkanes) is 8. The summed E-state index contributed by atoms with van der Waals surface area (Å²) in [6.45, 7) is 5.79. The third-order valence-corrected chi connectivity index (χ3v) is 8.82. The van der Waals surface area contributed by atoms with Gasteiger partial charge in [0.25, 0.3) is 0 Å². The fourth-order valence-electron chi connectivity index (χ4n) is 5.60. The first kappa shape index (κ1) is 41.1. The third-order valence-electron chi connectivity index (χ3n) is 8.82. The van der Waals surface area contributed by atoms with Crippen LogP contribution in [0.25, 0.3) is 0 Å². The van der Waals surface area contributed by atoms with Crippen molar-refractivity contribution in [3.05, 3.63) is 138 Å². The molecule has 5 rings (SSSR count). The lowest BCUT2D eigenvalue weighted by Gasteiger charge is -2.08. The van der Waals surface area contributed by atoms with Gasteiger partial charge < -0.3 is 18.9 Å². The normalized spacial score (nSPS) is 11.2. The molecule has 0 fully saturated rings. The SMILES string of the molecule is CCCCCCCCOc1ccc(C(=O)Oc2ccc(C=Nc3cccc(C(=O)Oc4ccc(N=Nc5ccc(OCCCCCC)cc5)cc4)c3)cc2)cc1. The van der Waals surface area contributed by atoms with E-state index in [2.05, 4.69) is 29.1 Å². The highest BCUT2D eigenvalue weighted by atomic mass is 16.5. The molecule has 0 radical (unpaired) electrons. The molecule has 0 N–H and O–H groups in total. The van der Waals surface area contributed by atoms with Crippen LogP contribution in [-0.4, -0.2) is 31.4 Å². The van der Waals surface area contributed by atoms with E-state index < -0.39 is 11.9 Å². The number of nitrogens with zero attached hydrogens (tertiary/aromatic N) is 3. The van der Waals surface area contributed by atoms with E-state index >= 15 is 0 Å². The van der Waals surface area contributed by atoms with Gasteiger partial charge in [0.15, 0.2) is 0 Å². The Morgan fingerprint density at radius 2 is 0.946 bits per heavy atom. The summed E-state index contributed by atoms with van der Waals surface area (Å²) >= 11 is 0. The van der Waals surface area contributed by atoms with Crippen LogP contribution in [0.2, 0.25) is 0 Å². The zero-order valence-electron chi connectivity index (χ0n) is 32.4. The van der Waals surface area contributed by atoms with Crippen LogP contribution in [0.15, 0.2) is 137 Å². The number of rotatable bonds is 22. The first-order chi connectivity index (χ1) is 27.5. The van der Waals surface area contributed by atoms with Crippen LogP contribution in [0.5, 0.6) is 23.0 Å². The second kappa shape index (κ2) is 23.0. The first-order valence-corrected chi connectivity index (χ1v) is 19.6. The van der Waals surface area contributed by atoms with Crippen molar-refractivity contribution in [2.75, 3.05) is 13.2 Å². The molecule has 5 aromatic carbocycles. The Kier molecular flexibility index (Phi) is 16.9. The smallest absolute Gasteiger partial charge is 0.343 e. The predicted molar refractivity (Wildman–Crippen MR) is 222 cm³/mol. The molecule has 0 amide bonds. The molecule has 9 heteroatoms. The number of carbonyl (C=O) groups is 2. The highest BCUT2D eigenvalue weighted by molar-refractivity contribution is 5.93. The molecule has 0 atom stereocenters. The second-order valence-corrected chi connectivity index (χ2v) is 13.4. The standard InChI is InChI=1S/C47H51N3O6/c1-3-5-7-9-10-12-33-53-42-26-18-37(19-27-42)46(51)55-44-24-16-36(17-25-44)35-48-41-15-13-14-38(34-41)47(52)56-45-30-22-40(23-31-45)50-49-39-20-28-43(29-21-39)54-32-11-8-6-4-2/h13-31,34-35H,3-12,32-33H2,1-2H3. The maximum Gasteiger partial charge on any atom is 0.343 e. The molecule has 0 aliphatic carbocycles. The molecule has 290 valence electrons. The van der Waals surface area contributed by atoms with Crippen molar-refractivity contribution in [2.24, 2.45) is 15.2 Å². The number of ether oxygens (including phenoxy) is 4. The molecule has 0 unspecified atom stereocenters. The van der Waals surface area contributed by atoms with E-state index in [-0.39, 0.29) is 0 Å². The van der Waals surface area contributed by atoms with Crippen LogP contribution >= 0.6 is 0 Å². The Morgan fingerprint density at radius 3 is 1.52 bits per heavy atom. The first-order valence-electron chi connectivity index (χ1n) is 19.6. The van der Waals surface area contributed by atoms with Gasteiger partial charge >= 0.3 is 11.9 Å². The number of benzene rings is 5. The summed E-state index contributed by atoms with van der Waals surface area (Å²) in [5.74, 6) is 1.40. The van der Waals surface area contributed by atoms with E-state index in [1.54, 1.807) is 103 Å². The van der Waals surface area contributed by atoms with E-state index in [0.29, 0.717) is 52.9 Å². The van der Waals surface area contributed by atoms with Crippen LogP contribution in [0, 0.1) is 0 Å². The minimum atomic E-state index is -0.509. The Labute approximate surface area is 330 Å². The van der Waals surface area contributed by atoms with Gasteiger partial charge in [0.2, 0.25) is 0 Å². The van der Waals surface area contributed by atoms with Crippen molar-refractivity contribution in [3.8, 4) is 23.0 Å². The van der Waals surface area contributed by atoms with E-state index in [0.717, 1.165) is 29.9 Å². The van der Waals surface area contributed by atoms with Gasteiger partial charge in [-0.25, -0.2) is 9.59 Å². The summed E-state index contributed by atoms with van der Waals surface area (Å²) in [6.07, 6.45) is 13.6. The quantitative estimate of drug-likeness (QED) is 0.0229. The van der Waals surface area contributed by atoms with Crippen LogP contribution in [0.1, 0.15) is 104 Å². The Bertz CT molecular complexity index is 1990. The van der Waals surface area contributed by atoms with E-state index in [9.17, 15) is 9.59 Å². The highest BCUT2D eigenvalue weighted by Gasteiger charge is 2.11. The molecule has 56 heavy (non-hydrogen) atoms. The largest absolute Gasteiger partial charge is 0.494 e. The van der Waals surface area contributed by atoms with Crippen LogP contribution < -0.4 is 18.9 Å². The average Bonchev–Trinajstić information content (AvgIpc) is 3.23. The Hall–Kier alpha value is -6.09. The molecule has 0 heterocycles. The van der Waals surface area contributed by atoms with Crippen LogP contribution in [0.3, 0.4) is 0 Å². The number of esters is 2. The summed E-state index contributed by atoms with van der Waals surface area (Å²) in [5, 5.41) is 8.58. The van der Waals surface area contributed by atoms with Gasteiger partial charge in [-0.1, -0.05) is 71.3 Å². The fourth-order valence-corrected chi connectivity index (χ4v) is 5.60. The minimum Gasteiger partial charge on any atom is -0.494 e. The van der Waals surface area contributed by atoms with E-state index in [1.165, 1.54) is 51.4 Å². The summed E-state index contributed by atoms with van der Waals surface area (Å²) in [7, 11) is 0. The molecular formula is C47H51N3O6. The molecule has 0 aromatic heterocycles. The number of aliphatic imine (C=N–C) groups is 1. The van der Waals surface area contributed by atoms with Crippen molar-refractivity contribution in [1.82, 2.24) is 0 Å². The monoisotopic (exact) mass is 753 g/mol. The van der Waals surface area contributed by atoms with Crippen molar-refractivity contribution in [1.29, 1.82) is 0 Å². The zero-order chi connectivity index (χ0) is 39.2. The molecule has 9 nitrogen and oxygen atoms in total. The summed E-state index contributed by atoms with van der Waals surface area (Å²) in [6, 6.07) is 35.2. The molecule has 0 aliphatic rings. The molecule has 0 saturated heterocycles. The summed E-state index contributed by atoms with van der Waals surface area (Å²) in [5.41, 5.74) is 3.50. The molecule has 0 bridgehead atoms. The lowest BCUT2D eigenvalue weighted by molar-refractivity contribution is 0.0725. The maximum absolute atomic E-state index is 12.9. The number of hydrogen-bond acceptors (Lipinski definition) is 9. The molecule has 0 aliphatic heterocycles.